The van der Waals surface area contributed by atoms with Gasteiger partial charge in [0.05, 0.1) is 23.3 Å². The van der Waals surface area contributed by atoms with E-state index in [0.717, 1.165) is 22.5 Å². The highest BCUT2D eigenvalue weighted by molar-refractivity contribution is 6.02. The fraction of sp³-hybridized carbons (Fsp3) is 0.0526. The summed E-state index contributed by atoms with van der Waals surface area (Å²) in [6.45, 7) is 0.417. The van der Waals surface area contributed by atoms with Crippen LogP contribution >= 0.6 is 0 Å². The summed E-state index contributed by atoms with van der Waals surface area (Å²) in [4.78, 5) is 15.9. The summed E-state index contributed by atoms with van der Waals surface area (Å²) < 4.78 is 15.4. The maximum absolute atomic E-state index is 13.6. The van der Waals surface area contributed by atoms with Gasteiger partial charge in [-0.25, -0.2) is 9.18 Å². The Morgan fingerprint density at radius 1 is 1.08 bits per heavy atom. The van der Waals surface area contributed by atoms with Crippen LogP contribution in [0.25, 0.3) is 21.7 Å². The number of halogens is 1. The van der Waals surface area contributed by atoms with Gasteiger partial charge in [0.1, 0.15) is 5.82 Å². The molecule has 0 aliphatic carbocycles. The lowest BCUT2D eigenvalue weighted by Gasteiger charge is -2.08. The first kappa shape index (κ1) is 14.4. The van der Waals surface area contributed by atoms with E-state index in [9.17, 15) is 14.3 Å². The van der Waals surface area contributed by atoms with Crippen molar-refractivity contribution >= 4 is 27.6 Å². The van der Waals surface area contributed by atoms with Crippen molar-refractivity contribution in [1.82, 2.24) is 9.55 Å². The van der Waals surface area contributed by atoms with Crippen LogP contribution in [0.2, 0.25) is 0 Å². The molecule has 118 valence electrons. The number of pyridine rings is 1. The van der Waals surface area contributed by atoms with E-state index in [4.69, 9.17) is 0 Å². The Bertz CT molecular complexity index is 1090. The second-order valence-corrected chi connectivity index (χ2v) is 5.66. The molecule has 0 atom stereocenters. The van der Waals surface area contributed by atoms with Crippen LogP contribution in [-0.4, -0.2) is 20.6 Å². The fourth-order valence-corrected chi connectivity index (χ4v) is 3.00. The van der Waals surface area contributed by atoms with Crippen molar-refractivity contribution in [1.29, 1.82) is 0 Å². The molecule has 0 aliphatic rings. The Hall–Kier alpha value is -3.21. The van der Waals surface area contributed by atoms with Crippen LogP contribution in [0, 0.1) is 5.82 Å². The summed E-state index contributed by atoms with van der Waals surface area (Å²) in [5.41, 5.74) is 1.27. The molecule has 24 heavy (non-hydrogen) atoms. The van der Waals surface area contributed by atoms with E-state index in [1.807, 2.05) is 30.3 Å². The summed E-state index contributed by atoms with van der Waals surface area (Å²) in [7, 11) is 0. The smallest absolute Gasteiger partial charge is 0.337 e. The molecule has 0 saturated carbocycles. The number of benzene rings is 2. The van der Waals surface area contributed by atoms with Crippen molar-refractivity contribution in [3.05, 3.63) is 78.0 Å². The Morgan fingerprint density at radius 3 is 2.67 bits per heavy atom. The summed E-state index contributed by atoms with van der Waals surface area (Å²) >= 11 is 0. The maximum atomic E-state index is 13.6. The van der Waals surface area contributed by atoms with Crippen LogP contribution in [0.15, 0.2) is 60.9 Å². The maximum Gasteiger partial charge on any atom is 0.337 e. The van der Waals surface area contributed by atoms with Gasteiger partial charge < -0.3 is 9.67 Å². The lowest BCUT2D eigenvalue weighted by Crippen LogP contribution is -2.05. The molecule has 5 heteroatoms. The van der Waals surface area contributed by atoms with E-state index in [-0.39, 0.29) is 5.56 Å². The van der Waals surface area contributed by atoms with E-state index in [1.54, 1.807) is 23.0 Å². The molecule has 2 aromatic heterocycles. The Labute approximate surface area is 136 Å². The van der Waals surface area contributed by atoms with Gasteiger partial charge in [-0.2, -0.15) is 0 Å². The molecule has 0 radical (unpaired) electrons. The zero-order chi connectivity index (χ0) is 16.7. The molecule has 1 N–H and O–H groups in total. The van der Waals surface area contributed by atoms with Gasteiger partial charge in [-0.3, -0.25) is 4.98 Å². The van der Waals surface area contributed by atoms with Crippen molar-refractivity contribution in [3.8, 4) is 0 Å². The highest BCUT2D eigenvalue weighted by Gasteiger charge is 2.15. The third-order valence-corrected chi connectivity index (χ3v) is 4.08. The summed E-state index contributed by atoms with van der Waals surface area (Å²) in [6, 6.07) is 14.0. The minimum Gasteiger partial charge on any atom is -0.478 e. The number of carboxylic acids is 1. The number of hydrogen-bond donors (Lipinski definition) is 1. The van der Waals surface area contributed by atoms with Gasteiger partial charge in [-0.1, -0.05) is 24.3 Å². The van der Waals surface area contributed by atoms with Crippen molar-refractivity contribution in [2.24, 2.45) is 0 Å². The highest BCUT2D eigenvalue weighted by Crippen LogP contribution is 2.24. The number of nitrogens with zero attached hydrogens (tertiary/aromatic N) is 2. The number of rotatable bonds is 3. The molecule has 0 amide bonds. The molecule has 2 aromatic carbocycles. The molecule has 0 saturated heterocycles. The normalized spacial score (nSPS) is 11.2. The van der Waals surface area contributed by atoms with Crippen LogP contribution in [0.4, 0.5) is 4.39 Å². The van der Waals surface area contributed by atoms with Gasteiger partial charge in [0, 0.05) is 23.2 Å². The van der Waals surface area contributed by atoms with Gasteiger partial charge in [0.25, 0.3) is 0 Å². The van der Waals surface area contributed by atoms with Crippen molar-refractivity contribution in [3.63, 3.8) is 0 Å². The summed E-state index contributed by atoms with van der Waals surface area (Å²) in [6.07, 6.45) is 3.56. The zero-order valence-electron chi connectivity index (χ0n) is 12.6. The first-order valence-electron chi connectivity index (χ1n) is 7.47. The number of carboxylic acid groups (broad SMARTS) is 1. The van der Waals surface area contributed by atoms with E-state index in [2.05, 4.69) is 4.98 Å². The van der Waals surface area contributed by atoms with Crippen LogP contribution in [-0.2, 0) is 6.54 Å². The molecule has 4 aromatic rings. The van der Waals surface area contributed by atoms with E-state index >= 15 is 0 Å². The van der Waals surface area contributed by atoms with Gasteiger partial charge in [-0.15, -0.1) is 0 Å². The molecule has 2 heterocycles. The lowest BCUT2D eigenvalue weighted by atomic mass is 10.1. The summed E-state index contributed by atoms with van der Waals surface area (Å²) in [5, 5.41) is 12.0. The van der Waals surface area contributed by atoms with Gasteiger partial charge in [0.2, 0.25) is 0 Å². The SMILES string of the molecule is O=C(O)c1cc(F)cc2ccn(Cc3cc4ccccc4cn3)c12. The number of carbonyl (C=O) groups is 1. The van der Waals surface area contributed by atoms with Gasteiger partial charge in [-0.05, 0) is 29.7 Å². The van der Waals surface area contributed by atoms with Crippen LogP contribution in [0.1, 0.15) is 16.1 Å². The topological polar surface area (TPSA) is 55.1 Å². The number of aromatic nitrogens is 2. The second kappa shape index (κ2) is 5.45. The molecule has 0 spiro atoms. The Balaban J connectivity index is 1.82. The first-order valence-corrected chi connectivity index (χ1v) is 7.47. The van der Waals surface area contributed by atoms with Gasteiger partial charge >= 0.3 is 5.97 Å². The molecule has 0 unspecified atom stereocenters. The van der Waals surface area contributed by atoms with E-state index in [1.165, 1.54) is 6.07 Å². The third kappa shape index (κ3) is 2.40. The minimum atomic E-state index is -1.15. The van der Waals surface area contributed by atoms with Crippen molar-refractivity contribution < 1.29 is 14.3 Å². The fourth-order valence-electron chi connectivity index (χ4n) is 3.00. The van der Waals surface area contributed by atoms with Crippen LogP contribution in [0.5, 0.6) is 0 Å². The molecule has 0 bridgehead atoms. The largest absolute Gasteiger partial charge is 0.478 e. The zero-order valence-corrected chi connectivity index (χ0v) is 12.6. The van der Waals surface area contributed by atoms with Gasteiger partial charge in [0.15, 0.2) is 0 Å². The van der Waals surface area contributed by atoms with Crippen molar-refractivity contribution in [2.45, 2.75) is 6.54 Å². The molecular weight excluding hydrogens is 307 g/mol. The lowest BCUT2D eigenvalue weighted by molar-refractivity contribution is 0.0698. The monoisotopic (exact) mass is 320 g/mol. The average molecular weight is 320 g/mol. The second-order valence-electron chi connectivity index (χ2n) is 5.66. The number of aromatic carboxylic acids is 1. The highest BCUT2D eigenvalue weighted by atomic mass is 19.1. The van der Waals surface area contributed by atoms with E-state index < -0.39 is 11.8 Å². The predicted octanol–water partition coefficient (Wildman–Crippen LogP) is 4.08. The first-order chi connectivity index (χ1) is 11.6. The molecule has 4 nitrogen and oxygen atoms in total. The molecule has 4 rings (SSSR count). The Kier molecular flexibility index (Phi) is 3.27. The van der Waals surface area contributed by atoms with E-state index in [0.29, 0.717) is 17.4 Å². The summed E-state index contributed by atoms with van der Waals surface area (Å²) in [5.74, 6) is -1.70. The number of hydrogen-bond acceptors (Lipinski definition) is 2. The quantitative estimate of drug-likeness (QED) is 0.619. The van der Waals surface area contributed by atoms with Crippen LogP contribution < -0.4 is 0 Å². The Morgan fingerprint density at radius 2 is 1.88 bits per heavy atom. The third-order valence-electron chi connectivity index (χ3n) is 4.08. The molecular formula is C19H13FN2O2. The van der Waals surface area contributed by atoms with Crippen molar-refractivity contribution in [2.75, 3.05) is 0 Å². The molecule has 0 fully saturated rings. The molecule has 0 aliphatic heterocycles. The minimum absolute atomic E-state index is 0.0456. The predicted molar refractivity (Wildman–Crippen MR) is 89.7 cm³/mol. The standard InChI is InChI=1S/C19H13FN2O2/c20-15-7-13-5-6-22(18(13)17(9-15)19(23)24)11-16-8-12-3-1-2-4-14(12)10-21-16/h1-10H,11H2,(H,23,24). The van der Waals surface area contributed by atoms with Crippen LogP contribution in [0.3, 0.4) is 0 Å². The number of fused-ring (bicyclic) bond motifs is 2. The average Bonchev–Trinajstić information content (AvgIpc) is 2.96.